The lowest BCUT2D eigenvalue weighted by molar-refractivity contribution is 0.655. The summed E-state index contributed by atoms with van der Waals surface area (Å²) in [5, 5.41) is 8.20. The third kappa shape index (κ3) is 5.40. The van der Waals surface area contributed by atoms with Gasteiger partial charge in [0.05, 0.1) is 16.7 Å². The standard InChI is InChI=1S/C51H34N4O/c1-4-14-33(15-5-1)36-26-29-46-43(30-36)40-21-11-13-23-45(40)55(46)44-22-12-10-20-39(44)37-24-27-41-42-28-25-38(32-48(42)56-47(41)31-37)51-53-49(34-16-6-2-7-17-34)52-50(54-51)35-18-8-3-9-19-35/h1-32,51H,(H,52,53,54). The maximum absolute atomic E-state index is 6.68. The Balaban J connectivity index is 0.997. The van der Waals surface area contributed by atoms with E-state index in [9.17, 15) is 0 Å². The number of para-hydroxylation sites is 2. The summed E-state index contributed by atoms with van der Waals surface area (Å²) in [6.45, 7) is 0. The van der Waals surface area contributed by atoms with E-state index in [-0.39, 0.29) is 6.17 Å². The highest BCUT2D eigenvalue weighted by Gasteiger charge is 2.23. The Bertz CT molecular complexity index is 3160. The smallest absolute Gasteiger partial charge is 0.159 e. The first kappa shape index (κ1) is 32.0. The van der Waals surface area contributed by atoms with Crippen molar-refractivity contribution in [2.75, 3.05) is 0 Å². The predicted octanol–water partition coefficient (Wildman–Crippen LogP) is 12.5. The summed E-state index contributed by atoms with van der Waals surface area (Å²) < 4.78 is 9.08. The van der Waals surface area contributed by atoms with E-state index >= 15 is 0 Å². The van der Waals surface area contributed by atoms with Gasteiger partial charge in [-0.05, 0) is 59.2 Å². The average Bonchev–Trinajstić information content (AvgIpc) is 3.81. The fourth-order valence-corrected chi connectivity index (χ4v) is 8.17. The largest absolute Gasteiger partial charge is 0.456 e. The quantitative estimate of drug-likeness (QED) is 0.186. The van der Waals surface area contributed by atoms with Crippen LogP contribution in [0.4, 0.5) is 0 Å². The van der Waals surface area contributed by atoms with Crippen molar-refractivity contribution in [2.24, 2.45) is 9.98 Å². The van der Waals surface area contributed by atoms with Crippen LogP contribution >= 0.6 is 0 Å². The Hall–Kier alpha value is -7.50. The number of hydrogen-bond acceptors (Lipinski definition) is 4. The highest BCUT2D eigenvalue weighted by atomic mass is 16.3. The Morgan fingerprint density at radius 1 is 0.446 bits per heavy atom. The molecule has 0 fully saturated rings. The van der Waals surface area contributed by atoms with Gasteiger partial charge in [-0.3, -0.25) is 0 Å². The van der Waals surface area contributed by atoms with E-state index in [1.54, 1.807) is 0 Å². The van der Waals surface area contributed by atoms with Crippen molar-refractivity contribution < 1.29 is 4.42 Å². The fourth-order valence-electron chi connectivity index (χ4n) is 8.17. The summed E-state index contributed by atoms with van der Waals surface area (Å²) in [6.07, 6.45) is -0.340. The van der Waals surface area contributed by atoms with Gasteiger partial charge in [0.1, 0.15) is 23.2 Å². The van der Waals surface area contributed by atoms with E-state index in [2.05, 4.69) is 168 Å². The lowest BCUT2D eigenvalue weighted by Crippen LogP contribution is -2.33. The first-order valence-electron chi connectivity index (χ1n) is 18.9. The maximum atomic E-state index is 6.68. The molecule has 1 unspecified atom stereocenters. The SMILES string of the molecule is c1ccc(C2=NC(c3ccc4c(c3)oc3cc(-c5ccccc5-n5c6ccccc6c6cc(-c7ccccc7)ccc65)ccc34)NC(c3ccccc3)=N2)cc1. The molecule has 1 aliphatic heterocycles. The molecule has 8 aromatic carbocycles. The van der Waals surface area contributed by atoms with Gasteiger partial charge in [0.2, 0.25) is 0 Å². The summed E-state index contributed by atoms with van der Waals surface area (Å²) in [5.74, 6) is 1.48. The normalized spacial score (nSPS) is 14.2. The van der Waals surface area contributed by atoms with Gasteiger partial charge in [0.15, 0.2) is 5.84 Å². The Kier molecular flexibility index (Phi) is 7.49. The zero-order valence-corrected chi connectivity index (χ0v) is 30.3. The zero-order chi connectivity index (χ0) is 37.0. The lowest BCUT2D eigenvalue weighted by Gasteiger charge is -2.23. The van der Waals surface area contributed by atoms with Gasteiger partial charge in [-0.15, -0.1) is 0 Å². The maximum Gasteiger partial charge on any atom is 0.159 e. The molecule has 264 valence electrons. The molecule has 1 N–H and O–H groups in total. The molecule has 2 aromatic heterocycles. The number of furan rings is 1. The van der Waals surface area contributed by atoms with Crippen molar-refractivity contribution >= 4 is 55.4 Å². The molecule has 5 heteroatoms. The van der Waals surface area contributed by atoms with Gasteiger partial charge >= 0.3 is 0 Å². The molecule has 1 aliphatic rings. The Morgan fingerprint density at radius 2 is 1.07 bits per heavy atom. The monoisotopic (exact) mass is 718 g/mol. The number of aliphatic imine (C=N–C) groups is 2. The summed E-state index contributed by atoms with van der Waals surface area (Å²) in [6, 6.07) is 68.1. The van der Waals surface area contributed by atoms with Crippen LogP contribution in [-0.4, -0.2) is 16.2 Å². The number of hydrogen-bond donors (Lipinski definition) is 1. The molecular formula is C51H34N4O. The summed E-state index contributed by atoms with van der Waals surface area (Å²) in [7, 11) is 0. The van der Waals surface area contributed by atoms with E-state index in [1.165, 1.54) is 32.9 Å². The second kappa shape index (κ2) is 13.1. The van der Waals surface area contributed by atoms with Crippen LogP contribution < -0.4 is 5.32 Å². The van der Waals surface area contributed by atoms with Crippen molar-refractivity contribution in [3.05, 3.63) is 211 Å². The summed E-state index contributed by atoms with van der Waals surface area (Å²) in [5.41, 5.74) is 12.8. The van der Waals surface area contributed by atoms with Crippen molar-refractivity contribution in [3.8, 4) is 27.9 Å². The number of nitrogens with one attached hydrogen (secondary N) is 1. The summed E-state index contributed by atoms with van der Waals surface area (Å²) >= 11 is 0. The van der Waals surface area contributed by atoms with E-state index in [1.807, 2.05) is 36.4 Å². The molecule has 56 heavy (non-hydrogen) atoms. The van der Waals surface area contributed by atoms with Crippen molar-refractivity contribution in [3.63, 3.8) is 0 Å². The van der Waals surface area contributed by atoms with Gasteiger partial charge in [0, 0.05) is 43.8 Å². The predicted molar refractivity (Wildman–Crippen MR) is 231 cm³/mol. The molecule has 5 nitrogen and oxygen atoms in total. The Morgan fingerprint density at radius 3 is 1.88 bits per heavy atom. The minimum Gasteiger partial charge on any atom is -0.456 e. The molecule has 1 atom stereocenters. The first-order chi connectivity index (χ1) is 27.7. The van der Waals surface area contributed by atoms with Gasteiger partial charge in [0.25, 0.3) is 0 Å². The van der Waals surface area contributed by atoms with Crippen LogP contribution in [0.15, 0.2) is 209 Å². The molecule has 0 amide bonds. The molecule has 0 aliphatic carbocycles. The molecule has 0 saturated heterocycles. The third-order valence-corrected chi connectivity index (χ3v) is 10.9. The minimum absolute atomic E-state index is 0.340. The number of aromatic nitrogens is 1. The zero-order valence-electron chi connectivity index (χ0n) is 30.3. The third-order valence-electron chi connectivity index (χ3n) is 10.9. The topological polar surface area (TPSA) is 54.8 Å². The lowest BCUT2D eigenvalue weighted by atomic mass is 10.0. The molecule has 10 aromatic rings. The minimum atomic E-state index is -0.340. The van der Waals surface area contributed by atoms with E-state index in [4.69, 9.17) is 14.4 Å². The fraction of sp³-hybridized carbons (Fsp3) is 0.0196. The Labute approximate surface area is 323 Å². The van der Waals surface area contributed by atoms with Gasteiger partial charge in [-0.2, -0.15) is 0 Å². The van der Waals surface area contributed by atoms with E-state index < -0.39 is 0 Å². The number of rotatable bonds is 6. The van der Waals surface area contributed by atoms with E-state index in [0.717, 1.165) is 61.3 Å². The second-order valence-electron chi connectivity index (χ2n) is 14.2. The number of benzene rings is 8. The highest BCUT2D eigenvalue weighted by Crippen LogP contribution is 2.40. The highest BCUT2D eigenvalue weighted by molar-refractivity contribution is 6.14. The van der Waals surface area contributed by atoms with Crippen LogP contribution in [0.25, 0.3) is 71.7 Å². The van der Waals surface area contributed by atoms with Crippen molar-refractivity contribution in [1.29, 1.82) is 0 Å². The number of amidine groups is 2. The van der Waals surface area contributed by atoms with Crippen LogP contribution in [-0.2, 0) is 0 Å². The van der Waals surface area contributed by atoms with Gasteiger partial charge in [-0.1, -0.05) is 152 Å². The molecule has 0 radical (unpaired) electrons. The average molecular weight is 719 g/mol. The second-order valence-corrected chi connectivity index (χ2v) is 14.2. The van der Waals surface area contributed by atoms with Crippen molar-refractivity contribution in [2.45, 2.75) is 6.17 Å². The molecular weight excluding hydrogens is 685 g/mol. The van der Waals surface area contributed by atoms with E-state index in [0.29, 0.717) is 5.84 Å². The van der Waals surface area contributed by atoms with Crippen LogP contribution in [0.5, 0.6) is 0 Å². The number of fused-ring (bicyclic) bond motifs is 6. The van der Waals surface area contributed by atoms with Crippen LogP contribution in [0, 0.1) is 0 Å². The number of nitrogens with zero attached hydrogens (tertiary/aromatic N) is 3. The molecule has 0 bridgehead atoms. The van der Waals surface area contributed by atoms with Gasteiger partial charge in [-0.25, -0.2) is 9.98 Å². The summed E-state index contributed by atoms with van der Waals surface area (Å²) in [4.78, 5) is 10.0. The van der Waals surface area contributed by atoms with Crippen molar-refractivity contribution in [1.82, 2.24) is 9.88 Å². The molecule has 0 spiro atoms. The molecule has 11 rings (SSSR count). The first-order valence-corrected chi connectivity index (χ1v) is 18.9. The van der Waals surface area contributed by atoms with Crippen LogP contribution in [0.3, 0.4) is 0 Å². The van der Waals surface area contributed by atoms with Crippen LogP contribution in [0.1, 0.15) is 22.9 Å². The van der Waals surface area contributed by atoms with Crippen LogP contribution in [0.2, 0.25) is 0 Å². The molecule has 3 heterocycles. The molecule has 0 saturated carbocycles. The van der Waals surface area contributed by atoms with Gasteiger partial charge < -0.3 is 14.3 Å².